The van der Waals surface area contributed by atoms with E-state index in [0.29, 0.717) is 29.3 Å². The van der Waals surface area contributed by atoms with Gasteiger partial charge in [0.25, 0.3) is 11.8 Å². The van der Waals surface area contributed by atoms with Crippen LogP contribution in [0.1, 0.15) is 71.6 Å². The van der Waals surface area contributed by atoms with Crippen molar-refractivity contribution in [3.8, 4) is 11.3 Å². The second-order valence-electron chi connectivity index (χ2n) is 10.9. The van der Waals surface area contributed by atoms with Gasteiger partial charge in [-0.3, -0.25) is 14.3 Å². The van der Waals surface area contributed by atoms with Crippen LogP contribution in [-0.2, 0) is 6.54 Å². The Labute approximate surface area is 236 Å². The number of fused-ring (bicyclic) bond motifs is 1. The molecule has 0 radical (unpaired) electrons. The third-order valence-electron chi connectivity index (χ3n) is 7.87. The molecule has 1 saturated carbocycles. The van der Waals surface area contributed by atoms with Crippen LogP contribution in [0.4, 0.5) is 13.2 Å². The number of ketones is 1. The summed E-state index contributed by atoms with van der Waals surface area (Å²) in [5.41, 5.74) is 2.40. The lowest BCUT2D eigenvalue weighted by Crippen LogP contribution is -2.34. The summed E-state index contributed by atoms with van der Waals surface area (Å²) in [6.07, 6.45) is 5.39. The van der Waals surface area contributed by atoms with Gasteiger partial charge < -0.3 is 9.73 Å². The fourth-order valence-electron chi connectivity index (χ4n) is 5.67. The van der Waals surface area contributed by atoms with Crippen LogP contribution in [0.15, 0.2) is 59.3 Å². The van der Waals surface area contributed by atoms with E-state index in [0.717, 1.165) is 55.9 Å². The highest BCUT2D eigenvalue weighted by Crippen LogP contribution is 2.30. The van der Waals surface area contributed by atoms with Crippen molar-refractivity contribution in [2.75, 3.05) is 6.54 Å². The SMILES string of the molecule is Cc1c(C(=O)NCC(F)(F)F)ccc2nn(CC3CCCCC(C(=O)c4ncc(-c5ccccc5)o4)CCC3)cc12. The molecule has 0 aliphatic heterocycles. The number of hydrogen-bond donors (Lipinski definition) is 1. The maximum absolute atomic E-state index is 13.2. The summed E-state index contributed by atoms with van der Waals surface area (Å²) in [4.78, 5) is 29.9. The zero-order valence-electron chi connectivity index (χ0n) is 22.9. The summed E-state index contributed by atoms with van der Waals surface area (Å²) in [5.74, 6) is 0.236. The molecular weight excluding hydrogens is 533 g/mol. The summed E-state index contributed by atoms with van der Waals surface area (Å²) in [6, 6.07) is 12.8. The maximum atomic E-state index is 13.2. The van der Waals surface area contributed by atoms with E-state index in [1.165, 1.54) is 6.07 Å². The molecule has 1 fully saturated rings. The van der Waals surface area contributed by atoms with Crippen molar-refractivity contribution in [3.05, 3.63) is 71.9 Å². The van der Waals surface area contributed by atoms with Gasteiger partial charge in [0.05, 0.1) is 11.7 Å². The van der Waals surface area contributed by atoms with Crippen LogP contribution in [0, 0.1) is 18.8 Å². The maximum Gasteiger partial charge on any atom is 0.405 e. The molecule has 2 atom stereocenters. The van der Waals surface area contributed by atoms with E-state index >= 15 is 0 Å². The van der Waals surface area contributed by atoms with E-state index in [1.807, 2.05) is 46.5 Å². The molecule has 4 aromatic rings. The van der Waals surface area contributed by atoms with Crippen molar-refractivity contribution in [3.63, 3.8) is 0 Å². The summed E-state index contributed by atoms with van der Waals surface area (Å²) in [5, 5.41) is 7.36. The van der Waals surface area contributed by atoms with Crippen LogP contribution >= 0.6 is 0 Å². The number of oxazole rings is 1. The lowest BCUT2D eigenvalue weighted by atomic mass is 9.92. The molecule has 1 amide bonds. The van der Waals surface area contributed by atoms with Gasteiger partial charge in [0.2, 0.25) is 5.78 Å². The molecule has 0 bridgehead atoms. The largest absolute Gasteiger partial charge is 0.434 e. The highest BCUT2D eigenvalue weighted by Gasteiger charge is 2.29. The Kier molecular flexibility index (Phi) is 8.56. The van der Waals surface area contributed by atoms with E-state index in [-0.39, 0.29) is 23.2 Å². The number of hydrogen-bond acceptors (Lipinski definition) is 5. The van der Waals surface area contributed by atoms with Crippen molar-refractivity contribution < 1.29 is 27.2 Å². The van der Waals surface area contributed by atoms with E-state index in [4.69, 9.17) is 4.42 Å². The number of carbonyl (C=O) groups is 2. The van der Waals surface area contributed by atoms with E-state index in [2.05, 4.69) is 10.1 Å². The zero-order chi connectivity index (χ0) is 29.0. The number of amides is 1. The molecule has 2 heterocycles. The van der Waals surface area contributed by atoms with Crippen molar-refractivity contribution in [1.29, 1.82) is 0 Å². The molecule has 10 heteroatoms. The van der Waals surface area contributed by atoms with E-state index < -0.39 is 18.6 Å². The molecule has 0 saturated heterocycles. The number of nitrogens with zero attached hydrogens (tertiary/aromatic N) is 3. The minimum atomic E-state index is -4.47. The third kappa shape index (κ3) is 7.04. The number of aromatic nitrogens is 3. The van der Waals surface area contributed by atoms with Crippen LogP contribution < -0.4 is 5.32 Å². The third-order valence-corrected chi connectivity index (χ3v) is 7.87. The first-order valence-corrected chi connectivity index (χ1v) is 14.0. The minimum absolute atomic E-state index is 0.0329. The van der Waals surface area contributed by atoms with Crippen LogP contribution in [0.25, 0.3) is 22.2 Å². The van der Waals surface area contributed by atoms with Gasteiger partial charge in [0.15, 0.2) is 5.76 Å². The number of aryl methyl sites for hydroxylation is 1. The Morgan fingerprint density at radius 1 is 1.02 bits per heavy atom. The standard InChI is InChI=1S/C31H33F3N4O3/c1-20-24(29(40)36-19-31(32,33)34)14-15-26-25(20)18-38(37-26)17-21-8-5-6-12-23(13-7-9-21)28(39)30-35-16-27(41-30)22-10-3-2-4-11-22/h2-4,10-11,14-16,18,21,23H,5-9,12-13,17,19H2,1H3,(H,36,40). The van der Waals surface area contributed by atoms with Gasteiger partial charge in [-0.1, -0.05) is 49.6 Å². The van der Waals surface area contributed by atoms with Gasteiger partial charge in [-0.2, -0.15) is 18.3 Å². The lowest BCUT2D eigenvalue weighted by molar-refractivity contribution is -0.123. The molecule has 7 nitrogen and oxygen atoms in total. The van der Waals surface area contributed by atoms with Gasteiger partial charge >= 0.3 is 6.18 Å². The molecule has 2 unspecified atom stereocenters. The normalized spacial score (nSPS) is 18.4. The number of carbonyl (C=O) groups excluding carboxylic acids is 2. The highest BCUT2D eigenvalue weighted by atomic mass is 19.4. The molecule has 5 rings (SSSR count). The Balaban J connectivity index is 1.20. The zero-order valence-corrected chi connectivity index (χ0v) is 22.9. The van der Waals surface area contributed by atoms with Crippen molar-refractivity contribution in [2.24, 2.45) is 11.8 Å². The van der Waals surface area contributed by atoms with Gasteiger partial charge in [-0.25, -0.2) is 4.98 Å². The number of Topliss-reactive ketones (excluding diaryl/α,β-unsaturated/α-hetero) is 1. The van der Waals surface area contributed by atoms with E-state index in [1.54, 1.807) is 19.2 Å². The van der Waals surface area contributed by atoms with Gasteiger partial charge in [-0.05, 0) is 56.2 Å². The summed E-state index contributed by atoms with van der Waals surface area (Å²) in [7, 11) is 0. The monoisotopic (exact) mass is 566 g/mol. The molecule has 2 aromatic carbocycles. The highest BCUT2D eigenvalue weighted by molar-refractivity contribution is 6.00. The predicted molar refractivity (Wildman–Crippen MR) is 148 cm³/mol. The van der Waals surface area contributed by atoms with Crippen molar-refractivity contribution in [1.82, 2.24) is 20.1 Å². The molecule has 1 aliphatic rings. The van der Waals surface area contributed by atoms with Crippen LogP contribution in [-0.4, -0.2) is 39.2 Å². The first kappa shape index (κ1) is 28.6. The first-order valence-electron chi connectivity index (χ1n) is 14.0. The molecule has 0 spiro atoms. The quantitative estimate of drug-likeness (QED) is 0.240. The fourth-order valence-corrected chi connectivity index (χ4v) is 5.67. The Bertz CT molecular complexity index is 1510. The second-order valence-corrected chi connectivity index (χ2v) is 10.9. The Morgan fingerprint density at radius 2 is 1.76 bits per heavy atom. The molecular formula is C31H33F3N4O3. The van der Waals surface area contributed by atoms with Crippen LogP contribution in [0.3, 0.4) is 0 Å². The number of benzene rings is 2. The van der Waals surface area contributed by atoms with Gasteiger partial charge in [-0.15, -0.1) is 0 Å². The van der Waals surface area contributed by atoms with Crippen LogP contribution in [0.5, 0.6) is 0 Å². The Morgan fingerprint density at radius 3 is 2.54 bits per heavy atom. The van der Waals surface area contributed by atoms with E-state index in [9.17, 15) is 22.8 Å². The summed E-state index contributed by atoms with van der Waals surface area (Å²) >= 11 is 0. The lowest BCUT2D eigenvalue weighted by Gasteiger charge is -2.16. The van der Waals surface area contributed by atoms with Gasteiger partial charge in [0, 0.05) is 35.2 Å². The minimum Gasteiger partial charge on any atom is -0.434 e. The topological polar surface area (TPSA) is 90.0 Å². The average molecular weight is 567 g/mol. The van der Waals surface area contributed by atoms with Crippen molar-refractivity contribution in [2.45, 2.75) is 64.6 Å². The fraction of sp³-hybridized carbons (Fsp3) is 0.419. The first-order chi connectivity index (χ1) is 19.7. The molecule has 1 N–H and O–H groups in total. The molecule has 216 valence electrons. The molecule has 1 aliphatic carbocycles. The molecule has 41 heavy (non-hydrogen) atoms. The number of nitrogens with one attached hydrogen (secondary N) is 1. The number of halogens is 3. The van der Waals surface area contributed by atoms with Gasteiger partial charge in [0.1, 0.15) is 6.54 Å². The number of rotatable bonds is 7. The smallest absolute Gasteiger partial charge is 0.405 e. The molecule has 2 aromatic heterocycles. The summed E-state index contributed by atoms with van der Waals surface area (Å²) < 4.78 is 45.3. The second kappa shape index (κ2) is 12.3. The predicted octanol–water partition coefficient (Wildman–Crippen LogP) is 7.15. The Hall–Kier alpha value is -3.95. The van der Waals surface area contributed by atoms with Crippen LogP contribution in [0.2, 0.25) is 0 Å². The average Bonchev–Trinajstić information content (AvgIpc) is 3.62. The summed E-state index contributed by atoms with van der Waals surface area (Å²) in [6.45, 7) is 1.05. The number of alkyl halides is 3. The van der Waals surface area contributed by atoms with Crippen molar-refractivity contribution >= 4 is 22.6 Å².